The van der Waals surface area contributed by atoms with Crippen LogP contribution in [0.1, 0.15) is 56.7 Å². The molecule has 1 heterocycles. The summed E-state index contributed by atoms with van der Waals surface area (Å²) in [5.74, 6) is 2.16. The Kier molecular flexibility index (Phi) is 5.16. The molecule has 0 radical (unpaired) electrons. The summed E-state index contributed by atoms with van der Waals surface area (Å²) in [4.78, 5) is 12.1. The number of carbonyl (C=O) groups excluding carboxylic acids is 1. The molecule has 22 heavy (non-hydrogen) atoms. The number of fused-ring (bicyclic) bond motifs is 1. The second-order valence-corrected chi connectivity index (χ2v) is 7.31. The fourth-order valence-electron chi connectivity index (χ4n) is 3.11. The molecular formula is C17H28N2O3. The molecule has 0 aliphatic heterocycles. The van der Waals surface area contributed by atoms with Crippen molar-refractivity contribution in [1.29, 1.82) is 0 Å². The Hall–Kier alpha value is -1.49. The second kappa shape index (κ2) is 6.73. The topological polar surface area (TPSA) is 74.5 Å². The number of aliphatic hydroxyl groups excluding tert-OH is 1. The number of carbonyl (C=O) groups is 1. The molecule has 3 N–H and O–H groups in total. The lowest BCUT2D eigenvalue weighted by molar-refractivity contribution is 0.211. The molecule has 0 bridgehead atoms. The van der Waals surface area contributed by atoms with Crippen molar-refractivity contribution in [1.82, 2.24) is 10.6 Å². The highest BCUT2D eigenvalue weighted by Gasteiger charge is 2.35. The average Bonchev–Trinajstić information content (AvgIpc) is 2.76. The molecule has 1 aromatic rings. The van der Waals surface area contributed by atoms with Gasteiger partial charge in [0.25, 0.3) is 0 Å². The van der Waals surface area contributed by atoms with Crippen molar-refractivity contribution in [3.63, 3.8) is 0 Å². The van der Waals surface area contributed by atoms with Crippen LogP contribution in [0.2, 0.25) is 0 Å². The first kappa shape index (κ1) is 16.9. The minimum Gasteiger partial charge on any atom is -0.466 e. The maximum atomic E-state index is 12.1. The first-order valence-corrected chi connectivity index (χ1v) is 8.05. The summed E-state index contributed by atoms with van der Waals surface area (Å²) in [6.45, 7) is 9.07. The highest BCUT2D eigenvalue weighted by molar-refractivity contribution is 5.74. The number of aryl methyl sites for hydroxylation is 1. The molecule has 0 fully saturated rings. The standard InChI is InChI=1S/C17H28N2O3/c1-11(5-6-20)10-18-16(21)19-14-8-17(3,4)9-15-13(14)7-12(2)22-15/h7,11,14,20H,5-6,8-10H2,1-4H3,(H2,18,19,21). The minimum absolute atomic E-state index is 0.00986. The summed E-state index contributed by atoms with van der Waals surface area (Å²) in [6, 6.07) is 1.87. The molecule has 1 aliphatic rings. The van der Waals surface area contributed by atoms with E-state index in [1.807, 2.05) is 19.9 Å². The quantitative estimate of drug-likeness (QED) is 0.783. The molecule has 0 spiro atoms. The summed E-state index contributed by atoms with van der Waals surface area (Å²) in [5.41, 5.74) is 1.22. The van der Waals surface area contributed by atoms with Gasteiger partial charge in [-0.15, -0.1) is 0 Å². The van der Waals surface area contributed by atoms with E-state index in [0.29, 0.717) is 13.0 Å². The van der Waals surface area contributed by atoms with E-state index in [9.17, 15) is 4.79 Å². The van der Waals surface area contributed by atoms with Gasteiger partial charge in [0.2, 0.25) is 0 Å². The van der Waals surface area contributed by atoms with Crippen LogP contribution in [0.25, 0.3) is 0 Å². The average molecular weight is 308 g/mol. The lowest BCUT2D eigenvalue weighted by Gasteiger charge is -2.34. The number of furan rings is 1. The third-order valence-corrected chi connectivity index (χ3v) is 4.27. The van der Waals surface area contributed by atoms with Gasteiger partial charge in [0.1, 0.15) is 11.5 Å². The van der Waals surface area contributed by atoms with E-state index in [1.54, 1.807) is 0 Å². The monoisotopic (exact) mass is 308 g/mol. The molecule has 124 valence electrons. The van der Waals surface area contributed by atoms with E-state index in [1.165, 1.54) is 0 Å². The predicted octanol–water partition coefficient (Wildman–Crippen LogP) is 2.92. The molecule has 0 saturated heterocycles. The van der Waals surface area contributed by atoms with Gasteiger partial charge in [-0.3, -0.25) is 0 Å². The molecule has 1 aliphatic carbocycles. The first-order chi connectivity index (χ1) is 10.3. The van der Waals surface area contributed by atoms with Crippen molar-refractivity contribution >= 4 is 6.03 Å². The van der Waals surface area contributed by atoms with Gasteiger partial charge in [-0.2, -0.15) is 0 Å². The van der Waals surface area contributed by atoms with Gasteiger partial charge in [-0.1, -0.05) is 20.8 Å². The van der Waals surface area contributed by atoms with Crippen LogP contribution >= 0.6 is 0 Å². The van der Waals surface area contributed by atoms with E-state index < -0.39 is 0 Å². The summed E-state index contributed by atoms with van der Waals surface area (Å²) < 4.78 is 5.78. The van der Waals surface area contributed by atoms with E-state index in [4.69, 9.17) is 9.52 Å². The van der Waals surface area contributed by atoms with Crippen molar-refractivity contribution in [3.8, 4) is 0 Å². The van der Waals surface area contributed by atoms with E-state index in [0.717, 1.165) is 29.9 Å². The lowest BCUT2D eigenvalue weighted by atomic mass is 9.75. The normalized spacial score (nSPS) is 21.0. The number of urea groups is 1. The molecule has 2 rings (SSSR count). The molecule has 2 atom stereocenters. The largest absolute Gasteiger partial charge is 0.466 e. The zero-order chi connectivity index (χ0) is 16.3. The van der Waals surface area contributed by atoms with Crippen LogP contribution in [0.15, 0.2) is 10.5 Å². The van der Waals surface area contributed by atoms with Crippen molar-refractivity contribution in [2.24, 2.45) is 11.3 Å². The SMILES string of the molecule is Cc1cc2c(o1)CC(C)(C)CC2NC(=O)NCC(C)CCO. The Balaban J connectivity index is 1.98. The van der Waals surface area contributed by atoms with Crippen molar-refractivity contribution in [2.45, 2.75) is 53.0 Å². The highest BCUT2D eigenvalue weighted by atomic mass is 16.3. The summed E-state index contributed by atoms with van der Waals surface area (Å²) >= 11 is 0. The minimum atomic E-state index is -0.155. The van der Waals surface area contributed by atoms with Crippen LogP contribution < -0.4 is 10.6 Å². The van der Waals surface area contributed by atoms with Crippen molar-refractivity contribution in [2.75, 3.05) is 13.2 Å². The number of amides is 2. The Morgan fingerprint density at radius 2 is 2.27 bits per heavy atom. The highest BCUT2D eigenvalue weighted by Crippen LogP contribution is 2.41. The maximum Gasteiger partial charge on any atom is 0.315 e. The molecule has 2 unspecified atom stereocenters. The van der Waals surface area contributed by atoms with Crippen LogP contribution in [0, 0.1) is 18.3 Å². The first-order valence-electron chi connectivity index (χ1n) is 8.05. The molecule has 1 aromatic heterocycles. The predicted molar refractivity (Wildman–Crippen MR) is 85.7 cm³/mol. The number of hydrogen-bond acceptors (Lipinski definition) is 3. The smallest absolute Gasteiger partial charge is 0.315 e. The molecular weight excluding hydrogens is 280 g/mol. The fraction of sp³-hybridized carbons (Fsp3) is 0.706. The number of rotatable bonds is 5. The molecule has 5 nitrogen and oxygen atoms in total. The van der Waals surface area contributed by atoms with E-state index in [-0.39, 0.29) is 30.0 Å². The van der Waals surface area contributed by atoms with Gasteiger partial charge in [-0.25, -0.2) is 4.79 Å². The Morgan fingerprint density at radius 3 is 2.95 bits per heavy atom. The number of hydrogen-bond donors (Lipinski definition) is 3. The summed E-state index contributed by atoms with van der Waals surface area (Å²) in [7, 11) is 0. The molecule has 5 heteroatoms. The lowest BCUT2D eigenvalue weighted by Crippen LogP contribution is -2.42. The van der Waals surface area contributed by atoms with Crippen LogP contribution in [-0.2, 0) is 6.42 Å². The summed E-state index contributed by atoms with van der Waals surface area (Å²) in [5, 5.41) is 14.9. The molecule has 0 aromatic carbocycles. The van der Waals surface area contributed by atoms with Gasteiger partial charge in [0, 0.05) is 25.1 Å². The second-order valence-electron chi connectivity index (χ2n) is 7.31. The van der Waals surface area contributed by atoms with Gasteiger partial charge >= 0.3 is 6.03 Å². The van der Waals surface area contributed by atoms with Crippen molar-refractivity contribution in [3.05, 3.63) is 23.2 Å². The van der Waals surface area contributed by atoms with Gasteiger partial charge in [-0.05, 0) is 37.2 Å². The van der Waals surface area contributed by atoms with E-state index >= 15 is 0 Å². The Bertz CT molecular complexity index is 522. The van der Waals surface area contributed by atoms with Crippen LogP contribution in [-0.4, -0.2) is 24.3 Å². The van der Waals surface area contributed by atoms with Crippen LogP contribution in [0.3, 0.4) is 0 Å². The fourth-order valence-corrected chi connectivity index (χ4v) is 3.11. The molecule has 2 amide bonds. The molecule has 0 saturated carbocycles. The van der Waals surface area contributed by atoms with Crippen LogP contribution in [0.4, 0.5) is 4.79 Å². The van der Waals surface area contributed by atoms with Crippen molar-refractivity contribution < 1.29 is 14.3 Å². The van der Waals surface area contributed by atoms with Gasteiger partial charge < -0.3 is 20.2 Å². The maximum absolute atomic E-state index is 12.1. The third-order valence-electron chi connectivity index (χ3n) is 4.27. The number of nitrogens with one attached hydrogen (secondary N) is 2. The van der Waals surface area contributed by atoms with Gasteiger partial charge in [0.05, 0.1) is 6.04 Å². The number of aliphatic hydroxyl groups is 1. The zero-order valence-corrected chi connectivity index (χ0v) is 14.0. The Morgan fingerprint density at radius 1 is 1.55 bits per heavy atom. The van der Waals surface area contributed by atoms with Gasteiger partial charge in [0.15, 0.2) is 0 Å². The zero-order valence-electron chi connectivity index (χ0n) is 14.0. The third kappa shape index (κ3) is 4.26. The van der Waals surface area contributed by atoms with Crippen LogP contribution in [0.5, 0.6) is 0 Å². The van der Waals surface area contributed by atoms with E-state index in [2.05, 4.69) is 24.5 Å². The Labute approximate surface area is 132 Å². The summed E-state index contributed by atoms with van der Waals surface area (Å²) in [6.07, 6.45) is 2.50.